The third kappa shape index (κ3) is 6.79. The molecule has 69 heavy (non-hydrogen) atoms. The van der Waals surface area contributed by atoms with E-state index in [0.717, 1.165) is 22.7 Å². The van der Waals surface area contributed by atoms with Gasteiger partial charge in [0, 0.05) is 33.2 Å². The van der Waals surface area contributed by atoms with Crippen LogP contribution < -0.4 is 4.90 Å². The van der Waals surface area contributed by atoms with Crippen LogP contribution in [-0.4, -0.2) is 4.57 Å². The highest BCUT2D eigenvalue weighted by atomic mass is 15.1. The maximum atomic E-state index is 2.47. The fourth-order valence-electron chi connectivity index (χ4n) is 11.2. The first-order valence-corrected chi connectivity index (χ1v) is 24.2. The molecule has 1 aliphatic carbocycles. The molecular formula is C67H50N2. The molecule has 2 nitrogen and oxygen atoms in total. The SMILES string of the molecule is CC.c1ccc(-c2ccc(N(c3ccccc3)c3ccc(-c4ccc5c(c4)c4ccccc4n5-c4ccc5c(c4)C(c4ccccc4)(c4ccccc4)c4ccccc4-5)c4ccccc34)cc2)cc1. The van der Waals surface area contributed by atoms with E-state index in [2.05, 4.69) is 276 Å². The minimum absolute atomic E-state index is 0.481. The summed E-state index contributed by atoms with van der Waals surface area (Å²) < 4.78 is 2.47. The Labute approximate surface area is 404 Å². The molecule has 12 aromatic rings. The number of fused-ring (bicyclic) bond motifs is 7. The molecule has 0 radical (unpaired) electrons. The summed E-state index contributed by atoms with van der Waals surface area (Å²) in [5, 5.41) is 4.86. The van der Waals surface area contributed by atoms with Gasteiger partial charge in [-0.25, -0.2) is 0 Å². The molecule has 0 saturated carbocycles. The van der Waals surface area contributed by atoms with Crippen LogP contribution in [0.15, 0.2) is 267 Å². The van der Waals surface area contributed by atoms with Crippen LogP contribution in [0, 0.1) is 0 Å². The first-order chi connectivity index (χ1) is 34.3. The third-order valence-corrected chi connectivity index (χ3v) is 14.1. The van der Waals surface area contributed by atoms with Crippen molar-refractivity contribution in [1.29, 1.82) is 0 Å². The first kappa shape index (κ1) is 41.7. The van der Waals surface area contributed by atoms with Crippen molar-refractivity contribution >= 4 is 49.6 Å². The van der Waals surface area contributed by atoms with Crippen molar-refractivity contribution in [3.05, 3.63) is 289 Å². The van der Waals surface area contributed by atoms with Crippen LogP contribution in [-0.2, 0) is 5.41 Å². The maximum absolute atomic E-state index is 2.47. The molecule has 13 rings (SSSR count). The van der Waals surface area contributed by atoms with Crippen LogP contribution >= 0.6 is 0 Å². The first-order valence-electron chi connectivity index (χ1n) is 24.2. The molecule has 0 saturated heterocycles. The second kappa shape index (κ2) is 17.5. The summed E-state index contributed by atoms with van der Waals surface area (Å²) in [6.45, 7) is 4.00. The molecule has 0 atom stereocenters. The Morgan fingerprint density at radius 1 is 0.319 bits per heavy atom. The van der Waals surface area contributed by atoms with Crippen molar-refractivity contribution in [3.8, 4) is 39.1 Å². The summed E-state index contributed by atoms with van der Waals surface area (Å²) in [5.74, 6) is 0. The molecule has 0 amide bonds. The summed E-state index contributed by atoms with van der Waals surface area (Å²) in [6.07, 6.45) is 0. The average molecular weight is 883 g/mol. The van der Waals surface area contributed by atoms with E-state index < -0.39 is 5.41 Å². The van der Waals surface area contributed by atoms with E-state index in [0.29, 0.717) is 0 Å². The minimum Gasteiger partial charge on any atom is -0.310 e. The van der Waals surface area contributed by atoms with Gasteiger partial charge >= 0.3 is 0 Å². The van der Waals surface area contributed by atoms with Gasteiger partial charge in [0.1, 0.15) is 0 Å². The van der Waals surface area contributed by atoms with Gasteiger partial charge in [-0.1, -0.05) is 220 Å². The third-order valence-electron chi connectivity index (χ3n) is 14.1. The molecule has 0 bridgehead atoms. The van der Waals surface area contributed by atoms with Gasteiger partial charge in [-0.15, -0.1) is 0 Å². The zero-order valence-corrected chi connectivity index (χ0v) is 38.8. The molecule has 11 aromatic carbocycles. The number of hydrogen-bond acceptors (Lipinski definition) is 1. The second-order valence-electron chi connectivity index (χ2n) is 17.6. The Bertz CT molecular complexity index is 3740. The van der Waals surface area contributed by atoms with E-state index in [1.807, 2.05) is 13.8 Å². The lowest BCUT2D eigenvalue weighted by Gasteiger charge is -2.34. The summed E-state index contributed by atoms with van der Waals surface area (Å²) in [4.78, 5) is 2.39. The monoisotopic (exact) mass is 882 g/mol. The van der Waals surface area contributed by atoms with Crippen molar-refractivity contribution in [2.75, 3.05) is 4.90 Å². The Morgan fingerprint density at radius 2 is 0.826 bits per heavy atom. The van der Waals surface area contributed by atoms with E-state index in [1.165, 1.54) is 88.2 Å². The zero-order chi connectivity index (χ0) is 46.3. The van der Waals surface area contributed by atoms with Gasteiger partial charge in [0.2, 0.25) is 0 Å². The van der Waals surface area contributed by atoms with Crippen LogP contribution in [0.5, 0.6) is 0 Å². The van der Waals surface area contributed by atoms with Crippen molar-refractivity contribution in [3.63, 3.8) is 0 Å². The van der Waals surface area contributed by atoms with Crippen LogP contribution in [0.3, 0.4) is 0 Å². The lowest BCUT2D eigenvalue weighted by molar-refractivity contribution is 0.767. The number of para-hydroxylation sites is 2. The topological polar surface area (TPSA) is 8.17 Å². The van der Waals surface area contributed by atoms with E-state index in [1.54, 1.807) is 0 Å². The highest BCUT2D eigenvalue weighted by Gasteiger charge is 2.46. The number of hydrogen-bond donors (Lipinski definition) is 0. The van der Waals surface area contributed by atoms with Gasteiger partial charge in [-0.3, -0.25) is 0 Å². The molecule has 0 N–H and O–H groups in total. The van der Waals surface area contributed by atoms with Gasteiger partial charge in [0.05, 0.1) is 22.1 Å². The highest BCUT2D eigenvalue weighted by Crippen LogP contribution is 2.56. The fraction of sp³-hybridized carbons (Fsp3) is 0.0448. The van der Waals surface area contributed by atoms with Crippen LogP contribution in [0.1, 0.15) is 36.1 Å². The molecule has 0 spiro atoms. The van der Waals surface area contributed by atoms with Crippen molar-refractivity contribution in [1.82, 2.24) is 4.57 Å². The smallest absolute Gasteiger partial charge is 0.0714 e. The highest BCUT2D eigenvalue weighted by molar-refractivity contribution is 6.12. The fourth-order valence-corrected chi connectivity index (χ4v) is 11.2. The molecule has 1 aliphatic rings. The molecule has 0 aliphatic heterocycles. The minimum atomic E-state index is -0.481. The molecule has 2 heteroatoms. The summed E-state index contributed by atoms with van der Waals surface area (Å²) in [7, 11) is 0. The average Bonchev–Trinajstić information content (AvgIpc) is 3.93. The number of aromatic nitrogens is 1. The molecule has 328 valence electrons. The quantitative estimate of drug-likeness (QED) is 0.148. The van der Waals surface area contributed by atoms with Crippen molar-refractivity contribution in [2.45, 2.75) is 19.3 Å². The van der Waals surface area contributed by atoms with Gasteiger partial charge in [0.25, 0.3) is 0 Å². The number of nitrogens with zero attached hydrogens (tertiary/aromatic N) is 2. The largest absolute Gasteiger partial charge is 0.310 e. The maximum Gasteiger partial charge on any atom is 0.0714 e. The summed E-state index contributed by atoms with van der Waals surface area (Å²) in [5.41, 5.74) is 18.9. The van der Waals surface area contributed by atoms with Gasteiger partial charge in [-0.05, 0) is 122 Å². The predicted molar refractivity (Wildman–Crippen MR) is 292 cm³/mol. The predicted octanol–water partition coefficient (Wildman–Crippen LogP) is 18.1. The number of benzene rings is 11. The summed E-state index contributed by atoms with van der Waals surface area (Å²) >= 11 is 0. The van der Waals surface area contributed by atoms with Crippen LogP contribution in [0.4, 0.5) is 17.1 Å². The van der Waals surface area contributed by atoms with Crippen LogP contribution in [0.25, 0.3) is 71.6 Å². The Kier molecular flexibility index (Phi) is 10.6. The molecule has 0 fully saturated rings. The molecule has 1 aromatic heterocycles. The molecule has 0 unspecified atom stereocenters. The Hall–Kier alpha value is -8.72. The van der Waals surface area contributed by atoms with E-state index >= 15 is 0 Å². The van der Waals surface area contributed by atoms with Gasteiger partial charge in [0.15, 0.2) is 0 Å². The number of anilines is 3. The van der Waals surface area contributed by atoms with E-state index in [-0.39, 0.29) is 0 Å². The standard InChI is InChI=1S/C65H44N2.C2H6/c1-5-19-45(20-6-1)46-33-36-51(37-34-46)66(50-25-11-4-12-26-50)63-42-40-53(54-27-13-14-29-57(54)63)47-35-41-64-59(43-47)58-30-16-18-32-62(58)67(64)52-38-39-56-55-28-15-17-31-60(55)65(61(56)44-52,48-21-7-2-8-22-48)49-23-9-3-10-24-49;1-2/h1-44H;1-2H3. The van der Waals surface area contributed by atoms with Crippen molar-refractivity contribution < 1.29 is 0 Å². The zero-order valence-electron chi connectivity index (χ0n) is 38.8. The number of rotatable bonds is 8. The second-order valence-corrected chi connectivity index (χ2v) is 17.6. The van der Waals surface area contributed by atoms with E-state index in [4.69, 9.17) is 0 Å². The Morgan fingerprint density at radius 3 is 1.54 bits per heavy atom. The normalized spacial score (nSPS) is 12.3. The van der Waals surface area contributed by atoms with Crippen molar-refractivity contribution in [2.24, 2.45) is 0 Å². The Balaban J connectivity index is 0.00000243. The molecular weight excluding hydrogens is 833 g/mol. The van der Waals surface area contributed by atoms with E-state index in [9.17, 15) is 0 Å². The van der Waals surface area contributed by atoms with Gasteiger partial charge < -0.3 is 9.47 Å². The van der Waals surface area contributed by atoms with Gasteiger partial charge in [-0.2, -0.15) is 0 Å². The lowest BCUT2D eigenvalue weighted by atomic mass is 9.67. The van der Waals surface area contributed by atoms with Crippen LogP contribution in [0.2, 0.25) is 0 Å². The summed E-state index contributed by atoms with van der Waals surface area (Å²) in [6, 6.07) is 98.0. The molecule has 1 heterocycles. The lowest BCUT2D eigenvalue weighted by Crippen LogP contribution is -2.28.